The van der Waals surface area contributed by atoms with E-state index < -0.39 is 0 Å². The molecule has 1 aromatic heterocycles. The molecule has 1 amide bonds. The molecule has 2 bridgehead atoms. The van der Waals surface area contributed by atoms with E-state index in [0.717, 1.165) is 31.5 Å². The molecule has 0 atom stereocenters. The number of nitrogens with zero attached hydrogens (tertiary/aromatic N) is 1. The molecule has 0 aromatic carbocycles. The SMILES string of the molecule is NC(=O)c1c(N)sc2c1C1CCN2CC1. The molecule has 0 unspecified atom stereocenters. The van der Waals surface area contributed by atoms with Crippen LogP contribution in [0, 0.1) is 0 Å². The summed E-state index contributed by atoms with van der Waals surface area (Å²) in [5.74, 6) is 0.125. The topological polar surface area (TPSA) is 72.3 Å². The summed E-state index contributed by atoms with van der Waals surface area (Å²) in [6.07, 6.45) is 2.26. The normalized spacial score (nSPS) is 19.3. The van der Waals surface area contributed by atoms with Gasteiger partial charge in [-0.05, 0) is 18.8 Å². The Labute approximate surface area is 91.9 Å². The molecule has 15 heavy (non-hydrogen) atoms. The number of hydrogen-bond acceptors (Lipinski definition) is 4. The molecule has 4 nitrogen and oxygen atoms in total. The van der Waals surface area contributed by atoms with Crippen molar-refractivity contribution in [1.82, 2.24) is 0 Å². The van der Waals surface area contributed by atoms with Gasteiger partial charge < -0.3 is 16.4 Å². The van der Waals surface area contributed by atoms with Crippen LogP contribution in [0.1, 0.15) is 34.7 Å². The summed E-state index contributed by atoms with van der Waals surface area (Å²) in [5, 5.41) is 1.77. The van der Waals surface area contributed by atoms with Gasteiger partial charge in [0.15, 0.2) is 0 Å². The number of fused-ring (bicyclic) bond motifs is 2. The highest BCUT2D eigenvalue weighted by Gasteiger charge is 2.36. The number of anilines is 2. The van der Waals surface area contributed by atoms with Gasteiger partial charge in [-0.25, -0.2) is 0 Å². The highest BCUT2D eigenvalue weighted by Crippen LogP contribution is 2.50. The Morgan fingerprint density at radius 1 is 1.40 bits per heavy atom. The molecule has 4 rings (SSSR count). The van der Waals surface area contributed by atoms with E-state index in [9.17, 15) is 4.79 Å². The van der Waals surface area contributed by atoms with Gasteiger partial charge in [-0.3, -0.25) is 4.79 Å². The second-order valence-corrected chi connectivity index (χ2v) is 5.22. The van der Waals surface area contributed by atoms with E-state index in [1.54, 1.807) is 0 Å². The van der Waals surface area contributed by atoms with Crippen LogP contribution in [0.5, 0.6) is 0 Å². The first-order chi connectivity index (χ1) is 7.18. The van der Waals surface area contributed by atoms with E-state index in [4.69, 9.17) is 11.5 Å². The molecule has 3 aliphatic rings. The van der Waals surface area contributed by atoms with E-state index in [0.29, 0.717) is 16.5 Å². The number of piperidine rings is 1. The van der Waals surface area contributed by atoms with Crippen LogP contribution in [0.2, 0.25) is 0 Å². The molecule has 0 spiro atoms. The summed E-state index contributed by atoms with van der Waals surface area (Å²) in [7, 11) is 0. The van der Waals surface area contributed by atoms with Gasteiger partial charge in [-0.15, -0.1) is 11.3 Å². The number of primary amides is 1. The molecule has 80 valence electrons. The fraction of sp³-hybridized carbons (Fsp3) is 0.500. The minimum absolute atomic E-state index is 0.376. The van der Waals surface area contributed by atoms with Crippen LogP contribution in [-0.2, 0) is 0 Å². The van der Waals surface area contributed by atoms with Crippen LogP contribution < -0.4 is 16.4 Å². The lowest BCUT2D eigenvalue weighted by molar-refractivity contribution is 0.1000. The summed E-state index contributed by atoms with van der Waals surface area (Å²) in [6, 6.07) is 0. The first-order valence-corrected chi connectivity index (χ1v) is 5.97. The number of hydrogen-bond donors (Lipinski definition) is 2. The predicted molar refractivity (Wildman–Crippen MR) is 61.4 cm³/mol. The van der Waals surface area contributed by atoms with Crippen LogP contribution >= 0.6 is 11.3 Å². The second-order valence-electron chi connectivity index (χ2n) is 4.19. The Bertz CT molecular complexity index is 432. The molecule has 3 aliphatic heterocycles. The lowest BCUT2D eigenvalue weighted by Crippen LogP contribution is -2.38. The molecular formula is C10H13N3OS. The maximum absolute atomic E-state index is 11.4. The average molecular weight is 223 g/mol. The minimum atomic E-state index is -0.376. The Morgan fingerprint density at radius 2 is 2.07 bits per heavy atom. The number of nitrogens with two attached hydrogens (primary N) is 2. The Hall–Kier alpha value is -1.23. The van der Waals surface area contributed by atoms with Gasteiger partial charge in [0.2, 0.25) is 0 Å². The standard InChI is InChI=1S/C10H13N3OS/c11-8(14)7-6-5-1-3-13(4-2-5)10(6)15-9(7)12/h5H,1-4,12H2,(H2,11,14). The molecule has 4 N–H and O–H groups in total. The molecule has 1 aromatic rings. The van der Waals surface area contributed by atoms with E-state index in [2.05, 4.69) is 4.90 Å². The number of thiophene rings is 1. The maximum Gasteiger partial charge on any atom is 0.252 e. The highest BCUT2D eigenvalue weighted by atomic mass is 32.1. The minimum Gasteiger partial charge on any atom is -0.390 e. The Morgan fingerprint density at radius 3 is 2.67 bits per heavy atom. The molecule has 1 fully saturated rings. The molecule has 0 saturated carbocycles. The van der Waals surface area contributed by atoms with Gasteiger partial charge in [0, 0.05) is 18.7 Å². The molecule has 0 aliphatic carbocycles. The van der Waals surface area contributed by atoms with E-state index in [-0.39, 0.29) is 5.91 Å². The van der Waals surface area contributed by atoms with Crippen LogP contribution in [-0.4, -0.2) is 19.0 Å². The fourth-order valence-corrected chi connectivity index (χ4v) is 3.90. The number of nitrogen functional groups attached to an aromatic ring is 1. The summed E-state index contributed by atoms with van der Waals surface area (Å²) in [5.41, 5.74) is 13.0. The summed E-state index contributed by atoms with van der Waals surface area (Å²) in [4.78, 5) is 13.7. The zero-order valence-electron chi connectivity index (χ0n) is 8.32. The molecule has 5 heteroatoms. The van der Waals surface area contributed by atoms with Gasteiger partial charge >= 0.3 is 0 Å². The van der Waals surface area contributed by atoms with Crippen LogP contribution in [0.15, 0.2) is 0 Å². The van der Waals surface area contributed by atoms with Crippen molar-refractivity contribution in [2.24, 2.45) is 5.73 Å². The van der Waals surface area contributed by atoms with Crippen molar-refractivity contribution in [3.05, 3.63) is 11.1 Å². The Balaban J connectivity index is 2.23. The number of rotatable bonds is 1. The summed E-state index contributed by atoms with van der Waals surface area (Å²) < 4.78 is 0. The van der Waals surface area contributed by atoms with Crippen molar-refractivity contribution in [3.8, 4) is 0 Å². The average Bonchev–Trinajstić information content (AvgIpc) is 2.58. The van der Waals surface area contributed by atoms with Crippen molar-refractivity contribution < 1.29 is 4.79 Å². The smallest absolute Gasteiger partial charge is 0.252 e. The lowest BCUT2D eigenvalue weighted by atomic mass is 9.84. The monoisotopic (exact) mass is 223 g/mol. The second kappa shape index (κ2) is 2.88. The largest absolute Gasteiger partial charge is 0.390 e. The van der Waals surface area contributed by atoms with Crippen LogP contribution in [0.3, 0.4) is 0 Å². The summed E-state index contributed by atoms with van der Waals surface area (Å²) >= 11 is 1.51. The van der Waals surface area contributed by atoms with Crippen molar-refractivity contribution in [1.29, 1.82) is 0 Å². The third kappa shape index (κ3) is 1.10. The first-order valence-electron chi connectivity index (χ1n) is 5.15. The summed E-state index contributed by atoms with van der Waals surface area (Å²) in [6.45, 7) is 2.19. The van der Waals surface area contributed by atoms with Gasteiger partial charge in [0.25, 0.3) is 5.91 Å². The van der Waals surface area contributed by atoms with E-state index in [1.165, 1.54) is 16.3 Å². The zero-order chi connectivity index (χ0) is 10.6. The van der Waals surface area contributed by atoms with Crippen LogP contribution in [0.25, 0.3) is 0 Å². The predicted octanol–water partition coefficient (Wildman–Crippen LogP) is 1.13. The first kappa shape index (κ1) is 9.03. The van der Waals surface area contributed by atoms with Crippen molar-refractivity contribution in [3.63, 3.8) is 0 Å². The quantitative estimate of drug-likeness (QED) is 0.749. The van der Waals surface area contributed by atoms with Crippen molar-refractivity contribution >= 4 is 27.2 Å². The number of amides is 1. The van der Waals surface area contributed by atoms with Gasteiger partial charge in [0.1, 0.15) is 5.00 Å². The fourth-order valence-electron chi connectivity index (χ4n) is 2.69. The van der Waals surface area contributed by atoms with E-state index >= 15 is 0 Å². The van der Waals surface area contributed by atoms with E-state index in [1.807, 2.05) is 0 Å². The number of carbonyl (C=O) groups excluding carboxylic acids is 1. The van der Waals surface area contributed by atoms with Crippen LogP contribution in [0.4, 0.5) is 10.0 Å². The van der Waals surface area contributed by atoms with Gasteiger partial charge in [0.05, 0.1) is 10.6 Å². The molecule has 0 radical (unpaired) electrons. The lowest BCUT2D eigenvalue weighted by Gasteiger charge is -2.40. The molecule has 4 heterocycles. The third-order valence-electron chi connectivity index (χ3n) is 3.39. The molecular weight excluding hydrogens is 210 g/mol. The van der Waals surface area contributed by atoms with Crippen molar-refractivity contribution in [2.75, 3.05) is 23.7 Å². The molecule has 1 saturated heterocycles. The van der Waals surface area contributed by atoms with Crippen molar-refractivity contribution in [2.45, 2.75) is 18.8 Å². The maximum atomic E-state index is 11.4. The van der Waals surface area contributed by atoms with Gasteiger partial charge in [-0.2, -0.15) is 0 Å². The third-order valence-corrected chi connectivity index (χ3v) is 4.49. The number of carbonyl (C=O) groups is 1. The Kier molecular flexibility index (Phi) is 1.74. The van der Waals surface area contributed by atoms with Gasteiger partial charge in [-0.1, -0.05) is 0 Å². The highest BCUT2D eigenvalue weighted by molar-refractivity contribution is 7.20. The zero-order valence-corrected chi connectivity index (χ0v) is 9.14.